The van der Waals surface area contributed by atoms with Crippen molar-refractivity contribution >= 4 is 17.1 Å². The van der Waals surface area contributed by atoms with Gasteiger partial charge in [0.2, 0.25) is 5.78 Å². The molecule has 0 aliphatic heterocycles. The van der Waals surface area contributed by atoms with Gasteiger partial charge in [-0.1, -0.05) is 46.1 Å². The van der Waals surface area contributed by atoms with Crippen molar-refractivity contribution < 1.29 is 15.0 Å². The number of thiophene rings is 1. The van der Waals surface area contributed by atoms with Crippen LogP contribution < -0.4 is 0 Å². The maximum Gasteiger partial charge on any atom is 0.202 e. The van der Waals surface area contributed by atoms with Crippen molar-refractivity contribution in [3.63, 3.8) is 0 Å². The van der Waals surface area contributed by atoms with E-state index < -0.39 is 0 Å². The van der Waals surface area contributed by atoms with Crippen LogP contribution in [0.1, 0.15) is 79.2 Å². The summed E-state index contributed by atoms with van der Waals surface area (Å²) in [4.78, 5) is 16.0. The van der Waals surface area contributed by atoms with Crippen LogP contribution in [0.15, 0.2) is 29.6 Å². The van der Waals surface area contributed by atoms with Gasteiger partial charge in [0.05, 0.1) is 11.5 Å². The molecular weight excluding hydrogens is 382 g/mol. The van der Waals surface area contributed by atoms with Gasteiger partial charge in [-0.05, 0) is 41.8 Å². The van der Waals surface area contributed by atoms with Crippen molar-refractivity contribution in [3.8, 4) is 5.75 Å². The lowest BCUT2D eigenvalue weighted by atomic mass is 9.83. The van der Waals surface area contributed by atoms with Gasteiger partial charge in [-0.15, -0.1) is 11.3 Å². The number of phenolic OH excluding ortho intramolecular Hbond substituents is 1. The van der Waals surface area contributed by atoms with Crippen molar-refractivity contribution in [1.82, 2.24) is 4.90 Å². The molecule has 1 aromatic carbocycles. The summed E-state index contributed by atoms with van der Waals surface area (Å²) >= 11 is 1.44. The predicted molar refractivity (Wildman–Crippen MR) is 119 cm³/mol. The van der Waals surface area contributed by atoms with Crippen LogP contribution in [-0.2, 0) is 12.0 Å². The highest BCUT2D eigenvalue weighted by molar-refractivity contribution is 7.12. The quantitative estimate of drug-likeness (QED) is 0.617. The van der Waals surface area contributed by atoms with E-state index in [-0.39, 0.29) is 23.6 Å². The molecule has 0 spiro atoms. The fourth-order valence-electron chi connectivity index (χ4n) is 4.25. The SMILES string of the molecule is CC(C)(C)c1cc(C(=O)c2cccs2)cc(CN(CCO)C2CCCCC2)c1O. The van der Waals surface area contributed by atoms with Gasteiger partial charge in [-0.2, -0.15) is 0 Å². The van der Waals surface area contributed by atoms with Gasteiger partial charge < -0.3 is 10.2 Å². The minimum absolute atomic E-state index is 0.00174. The lowest BCUT2D eigenvalue weighted by Gasteiger charge is -2.34. The number of rotatable bonds is 7. The van der Waals surface area contributed by atoms with Gasteiger partial charge in [-0.3, -0.25) is 9.69 Å². The van der Waals surface area contributed by atoms with Crippen molar-refractivity contribution in [2.75, 3.05) is 13.2 Å². The number of carbonyl (C=O) groups is 1. The molecule has 0 unspecified atom stereocenters. The summed E-state index contributed by atoms with van der Waals surface area (Å²) in [6.45, 7) is 7.38. The third-order valence-electron chi connectivity index (χ3n) is 5.86. The molecule has 1 heterocycles. The van der Waals surface area contributed by atoms with Gasteiger partial charge >= 0.3 is 0 Å². The number of carbonyl (C=O) groups excluding carboxylic acids is 1. The molecule has 1 fully saturated rings. The summed E-state index contributed by atoms with van der Waals surface area (Å²) < 4.78 is 0. The average molecular weight is 416 g/mol. The molecule has 2 aromatic rings. The van der Waals surface area contributed by atoms with Crippen LogP contribution in [0.3, 0.4) is 0 Å². The van der Waals surface area contributed by atoms with Crippen LogP contribution >= 0.6 is 11.3 Å². The second-order valence-electron chi connectivity index (χ2n) is 9.07. The summed E-state index contributed by atoms with van der Waals surface area (Å²) in [7, 11) is 0. The molecule has 1 saturated carbocycles. The van der Waals surface area contributed by atoms with E-state index in [1.54, 1.807) is 0 Å². The van der Waals surface area contributed by atoms with E-state index in [1.165, 1.54) is 30.6 Å². The highest BCUT2D eigenvalue weighted by Crippen LogP contribution is 2.36. The third kappa shape index (κ3) is 5.27. The lowest BCUT2D eigenvalue weighted by Crippen LogP contribution is -2.38. The molecule has 0 radical (unpaired) electrons. The van der Waals surface area contributed by atoms with Crippen molar-refractivity contribution in [2.45, 2.75) is 70.9 Å². The number of aliphatic hydroxyl groups is 1. The summed E-state index contributed by atoms with van der Waals surface area (Å²) in [6, 6.07) is 7.84. The Hall–Kier alpha value is -1.69. The van der Waals surface area contributed by atoms with E-state index >= 15 is 0 Å². The lowest BCUT2D eigenvalue weighted by molar-refractivity contribution is 0.104. The van der Waals surface area contributed by atoms with E-state index in [0.29, 0.717) is 29.6 Å². The Morgan fingerprint density at radius 2 is 1.93 bits per heavy atom. The third-order valence-corrected chi connectivity index (χ3v) is 6.72. The number of ketones is 1. The van der Waals surface area contributed by atoms with Crippen LogP contribution in [-0.4, -0.2) is 40.1 Å². The van der Waals surface area contributed by atoms with Gasteiger partial charge in [-0.25, -0.2) is 0 Å². The molecule has 2 N–H and O–H groups in total. The standard InChI is InChI=1S/C24H33NO3S/c1-24(2,3)20-15-17(23(28)21-10-7-13-29-21)14-18(22(20)27)16-25(11-12-26)19-8-5-4-6-9-19/h7,10,13-15,19,26-27H,4-6,8-9,11-12,16H2,1-3H3. The van der Waals surface area contributed by atoms with Crippen LogP contribution in [0.25, 0.3) is 0 Å². The topological polar surface area (TPSA) is 60.8 Å². The molecule has 4 nitrogen and oxygen atoms in total. The average Bonchev–Trinajstić information content (AvgIpc) is 3.23. The number of hydrogen-bond acceptors (Lipinski definition) is 5. The molecule has 0 saturated heterocycles. The van der Waals surface area contributed by atoms with Crippen LogP contribution in [0, 0.1) is 0 Å². The zero-order valence-electron chi connectivity index (χ0n) is 17.8. The van der Waals surface area contributed by atoms with Crippen LogP contribution in [0.4, 0.5) is 0 Å². The normalized spacial score (nSPS) is 15.8. The Balaban J connectivity index is 1.99. The molecule has 1 aliphatic carbocycles. The van der Waals surface area contributed by atoms with Crippen LogP contribution in [0.5, 0.6) is 5.75 Å². The minimum Gasteiger partial charge on any atom is -0.507 e. The Morgan fingerprint density at radius 1 is 1.21 bits per heavy atom. The van der Waals surface area contributed by atoms with Crippen molar-refractivity contribution in [3.05, 3.63) is 51.2 Å². The molecule has 1 aliphatic rings. The Kier molecular flexibility index (Phi) is 7.14. The summed E-state index contributed by atoms with van der Waals surface area (Å²) in [5.74, 6) is 0.275. The summed E-state index contributed by atoms with van der Waals surface area (Å²) in [5, 5.41) is 22.6. The largest absolute Gasteiger partial charge is 0.507 e. The highest BCUT2D eigenvalue weighted by atomic mass is 32.1. The number of aliphatic hydroxyl groups excluding tert-OH is 1. The molecule has 3 rings (SSSR count). The maximum absolute atomic E-state index is 13.0. The summed E-state index contributed by atoms with van der Waals surface area (Å²) in [6.07, 6.45) is 5.94. The molecule has 29 heavy (non-hydrogen) atoms. The maximum atomic E-state index is 13.0. The van der Waals surface area contributed by atoms with E-state index in [0.717, 1.165) is 24.0 Å². The molecule has 0 amide bonds. The Bertz CT molecular complexity index is 817. The number of benzene rings is 1. The fraction of sp³-hybridized carbons (Fsp3) is 0.542. The number of aromatic hydroxyl groups is 1. The Morgan fingerprint density at radius 3 is 2.52 bits per heavy atom. The monoisotopic (exact) mass is 415 g/mol. The Labute approximate surface area is 178 Å². The van der Waals surface area contributed by atoms with Gasteiger partial charge in [0.15, 0.2) is 0 Å². The zero-order chi connectivity index (χ0) is 21.0. The van der Waals surface area contributed by atoms with Crippen LogP contribution in [0.2, 0.25) is 0 Å². The second kappa shape index (κ2) is 9.41. The number of hydrogen-bond donors (Lipinski definition) is 2. The smallest absolute Gasteiger partial charge is 0.202 e. The van der Waals surface area contributed by atoms with E-state index in [1.807, 2.05) is 29.6 Å². The van der Waals surface area contributed by atoms with Gasteiger partial charge in [0, 0.05) is 35.8 Å². The molecule has 1 aromatic heterocycles. The first kappa shape index (κ1) is 22.0. The molecule has 0 atom stereocenters. The number of nitrogens with zero attached hydrogens (tertiary/aromatic N) is 1. The molecule has 0 bridgehead atoms. The molecule has 158 valence electrons. The number of phenols is 1. The first-order valence-electron chi connectivity index (χ1n) is 10.6. The van der Waals surface area contributed by atoms with Crippen molar-refractivity contribution in [2.24, 2.45) is 0 Å². The highest BCUT2D eigenvalue weighted by Gasteiger charge is 2.27. The fourth-order valence-corrected chi connectivity index (χ4v) is 4.94. The van der Waals surface area contributed by atoms with Crippen molar-refractivity contribution in [1.29, 1.82) is 0 Å². The van der Waals surface area contributed by atoms with E-state index in [9.17, 15) is 15.0 Å². The summed E-state index contributed by atoms with van der Waals surface area (Å²) in [5.41, 5.74) is 1.91. The predicted octanol–water partition coefficient (Wildman–Crippen LogP) is 5.11. The second-order valence-corrected chi connectivity index (χ2v) is 10.0. The zero-order valence-corrected chi connectivity index (χ0v) is 18.6. The molecule has 5 heteroatoms. The van der Waals surface area contributed by atoms with E-state index in [2.05, 4.69) is 25.7 Å². The van der Waals surface area contributed by atoms with Gasteiger partial charge in [0.1, 0.15) is 5.75 Å². The first-order valence-corrected chi connectivity index (χ1v) is 11.5. The van der Waals surface area contributed by atoms with Gasteiger partial charge in [0.25, 0.3) is 0 Å². The van der Waals surface area contributed by atoms with E-state index in [4.69, 9.17) is 0 Å². The first-order chi connectivity index (χ1) is 13.8. The molecular formula is C24H33NO3S. The minimum atomic E-state index is -0.281.